The van der Waals surface area contributed by atoms with Crippen LogP contribution in [0.1, 0.15) is 27.3 Å². The highest BCUT2D eigenvalue weighted by molar-refractivity contribution is 7.99. The third-order valence-corrected chi connectivity index (χ3v) is 5.54. The van der Waals surface area contributed by atoms with Crippen LogP contribution in [0.25, 0.3) is 0 Å². The summed E-state index contributed by atoms with van der Waals surface area (Å²) in [5.74, 6) is 1.16. The van der Waals surface area contributed by atoms with Crippen molar-refractivity contribution in [2.45, 2.75) is 25.5 Å². The average molecular weight is 440 g/mol. The number of benzene rings is 2. The lowest BCUT2D eigenvalue weighted by molar-refractivity contribution is -0.113. The predicted octanol–water partition coefficient (Wildman–Crippen LogP) is 3.10. The third-order valence-electron chi connectivity index (χ3n) is 4.52. The second-order valence-corrected chi connectivity index (χ2v) is 8.02. The van der Waals surface area contributed by atoms with Crippen molar-refractivity contribution < 1.29 is 14.3 Å². The Hall–Kier alpha value is -3.33. The fourth-order valence-corrected chi connectivity index (χ4v) is 3.73. The van der Waals surface area contributed by atoms with E-state index in [9.17, 15) is 9.59 Å². The van der Waals surface area contributed by atoms with Gasteiger partial charge in [0.25, 0.3) is 5.91 Å². The van der Waals surface area contributed by atoms with Crippen molar-refractivity contribution in [2.24, 2.45) is 7.05 Å². The smallest absolute Gasteiger partial charge is 0.251 e. The zero-order valence-corrected chi connectivity index (χ0v) is 18.7. The van der Waals surface area contributed by atoms with Crippen molar-refractivity contribution in [2.75, 3.05) is 18.2 Å². The van der Waals surface area contributed by atoms with Crippen molar-refractivity contribution in [3.8, 4) is 5.75 Å². The van der Waals surface area contributed by atoms with E-state index in [1.54, 1.807) is 43.0 Å². The van der Waals surface area contributed by atoms with Crippen molar-refractivity contribution in [3.05, 3.63) is 65.0 Å². The van der Waals surface area contributed by atoms with Gasteiger partial charge in [0.1, 0.15) is 5.75 Å². The minimum Gasteiger partial charge on any atom is -0.497 e. The Morgan fingerprint density at radius 3 is 2.39 bits per heavy atom. The molecule has 2 N–H and O–H groups in total. The Labute approximate surface area is 185 Å². The number of nitrogens with one attached hydrogen (secondary N) is 2. The minimum absolute atomic E-state index is 0.118. The van der Waals surface area contributed by atoms with E-state index in [2.05, 4.69) is 26.9 Å². The van der Waals surface area contributed by atoms with E-state index in [-0.39, 0.29) is 24.1 Å². The number of anilines is 1. The molecule has 0 aliphatic heterocycles. The van der Waals surface area contributed by atoms with Gasteiger partial charge in [0.05, 0.1) is 19.4 Å². The van der Waals surface area contributed by atoms with Crippen LogP contribution in [0, 0.1) is 13.8 Å². The van der Waals surface area contributed by atoms with Crippen LogP contribution in [0.5, 0.6) is 5.75 Å². The van der Waals surface area contributed by atoms with Gasteiger partial charge in [0.2, 0.25) is 5.91 Å². The number of ether oxygens (including phenoxy) is 1. The number of carbonyl (C=O) groups excluding carboxylic acids is 2. The maximum absolute atomic E-state index is 12.3. The molecule has 0 aliphatic rings. The van der Waals surface area contributed by atoms with E-state index in [1.165, 1.54) is 11.8 Å². The van der Waals surface area contributed by atoms with Crippen LogP contribution in [0.3, 0.4) is 0 Å². The molecule has 0 saturated carbocycles. The number of nitrogens with zero attached hydrogens (tertiary/aromatic N) is 3. The molecule has 0 bridgehead atoms. The molecular weight excluding hydrogens is 414 g/mol. The largest absolute Gasteiger partial charge is 0.497 e. The lowest BCUT2D eigenvalue weighted by Crippen LogP contribution is -2.24. The average Bonchev–Trinajstić information content (AvgIpc) is 3.09. The molecule has 1 heterocycles. The highest BCUT2D eigenvalue weighted by Crippen LogP contribution is 2.18. The molecule has 2 amide bonds. The number of rotatable bonds is 8. The molecule has 0 unspecified atom stereocenters. The molecule has 31 heavy (non-hydrogen) atoms. The van der Waals surface area contributed by atoms with Crippen LogP contribution in [0.15, 0.2) is 47.6 Å². The monoisotopic (exact) mass is 439 g/mol. The number of thioether (sulfide) groups is 1. The molecule has 8 nitrogen and oxygen atoms in total. The van der Waals surface area contributed by atoms with Crippen LogP contribution in [-0.2, 0) is 18.4 Å². The standard InChI is InChI=1S/C22H25N5O3S/c1-14-9-15(2)11-17(10-14)24-20(28)13-31-22-26-25-19(27(22)3)12-23-21(29)16-5-7-18(30-4)8-6-16/h5-11H,12-13H2,1-4H3,(H,23,29)(H,24,28). The summed E-state index contributed by atoms with van der Waals surface area (Å²) >= 11 is 1.29. The summed E-state index contributed by atoms with van der Waals surface area (Å²) in [6, 6.07) is 12.8. The normalized spacial score (nSPS) is 10.6. The molecule has 3 aromatic rings. The molecule has 0 fully saturated rings. The van der Waals surface area contributed by atoms with Crippen LogP contribution >= 0.6 is 11.8 Å². The first-order valence-electron chi connectivity index (χ1n) is 9.67. The molecule has 3 rings (SSSR count). The summed E-state index contributed by atoms with van der Waals surface area (Å²) in [7, 11) is 3.38. The van der Waals surface area contributed by atoms with Gasteiger partial charge in [0.15, 0.2) is 11.0 Å². The first-order valence-corrected chi connectivity index (χ1v) is 10.7. The second kappa shape index (κ2) is 10.1. The summed E-state index contributed by atoms with van der Waals surface area (Å²) in [5, 5.41) is 14.6. The van der Waals surface area contributed by atoms with E-state index < -0.39 is 0 Å². The molecule has 0 aliphatic carbocycles. The lowest BCUT2D eigenvalue weighted by Gasteiger charge is -2.08. The summed E-state index contributed by atoms with van der Waals surface area (Å²) < 4.78 is 6.86. The van der Waals surface area contributed by atoms with Crippen LogP contribution in [0.2, 0.25) is 0 Å². The number of hydrogen-bond donors (Lipinski definition) is 2. The number of hydrogen-bond acceptors (Lipinski definition) is 6. The van der Waals surface area contributed by atoms with E-state index in [4.69, 9.17) is 4.74 Å². The van der Waals surface area contributed by atoms with Gasteiger partial charge in [-0.25, -0.2) is 0 Å². The maximum atomic E-state index is 12.3. The maximum Gasteiger partial charge on any atom is 0.251 e. The number of aryl methyl sites for hydroxylation is 2. The van der Waals surface area contributed by atoms with Gasteiger partial charge in [0, 0.05) is 18.3 Å². The van der Waals surface area contributed by atoms with Gasteiger partial charge in [-0.2, -0.15) is 0 Å². The van der Waals surface area contributed by atoms with Crippen LogP contribution < -0.4 is 15.4 Å². The van der Waals surface area contributed by atoms with Gasteiger partial charge >= 0.3 is 0 Å². The minimum atomic E-state index is -0.215. The highest BCUT2D eigenvalue weighted by atomic mass is 32.2. The van der Waals surface area contributed by atoms with Gasteiger partial charge in [-0.15, -0.1) is 10.2 Å². The Morgan fingerprint density at radius 2 is 1.74 bits per heavy atom. The summed E-state index contributed by atoms with van der Waals surface area (Å²) in [4.78, 5) is 24.6. The number of aromatic nitrogens is 3. The zero-order chi connectivity index (χ0) is 22.4. The molecule has 0 spiro atoms. The third kappa shape index (κ3) is 6.08. The lowest BCUT2D eigenvalue weighted by atomic mass is 10.1. The summed E-state index contributed by atoms with van der Waals surface area (Å²) in [5.41, 5.74) is 3.50. The molecule has 2 aromatic carbocycles. The van der Waals surface area contributed by atoms with Crippen LogP contribution in [0.4, 0.5) is 5.69 Å². The van der Waals surface area contributed by atoms with E-state index in [0.717, 1.165) is 16.8 Å². The van der Waals surface area contributed by atoms with Gasteiger partial charge in [-0.1, -0.05) is 17.8 Å². The molecule has 162 valence electrons. The van der Waals surface area contributed by atoms with Gasteiger partial charge in [-0.3, -0.25) is 9.59 Å². The highest BCUT2D eigenvalue weighted by Gasteiger charge is 2.13. The molecule has 1 aromatic heterocycles. The van der Waals surface area contributed by atoms with Gasteiger partial charge < -0.3 is 19.9 Å². The Morgan fingerprint density at radius 1 is 1.06 bits per heavy atom. The Balaban J connectivity index is 1.52. The van der Waals surface area contributed by atoms with E-state index in [0.29, 0.717) is 22.3 Å². The van der Waals surface area contributed by atoms with Gasteiger partial charge in [-0.05, 0) is 61.4 Å². The molecular formula is C22H25N5O3S. The quantitative estimate of drug-likeness (QED) is 0.524. The fourth-order valence-electron chi connectivity index (χ4n) is 3.00. The van der Waals surface area contributed by atoms with Crippen molar-refractivity contribution in [1.82, 2.24) is 20.1 Å². The van der Waals surface area contributed by atoms with Crippen molar-refractivity contribution >= 4 is 29.3 Å². The van der Waals surface area contributed by atoms with E-state index in [1.807, 2.05) is 26.0 Å². The van der Waals surface area contributed by atoms with Crippen LogP contribution in [-0.4, -0.2) is 39.4 Å². The molecule has 9 heteroatoms. The fraction of sp³-hybridized carbons (Fsp3) is 0.273. The second-order valence-electron chi connectivity index (χ2n) is 7.08. The summed E-state index contributed by atoms with van der Waals surface area (Å²) in [6.07, 6.45) is 0. The first kappa shape index (κ1) is 22.4. The SMILES string of the molecule is COc1ccc(C(=O)NCc2nnc(SCC(=O)Nc3cc(C)cc(C)c3)n2C)cc1. The van der Waals surface area contributed by atoms with Crippen molar-refractivity contribution in [1.29, 1.82) is 0 Å². The molecule has 0 atom stereocenters. The van der Waals surface area contributed by atoms with E-state index >= 15 is 0 Å². The zero-order valence-electron chi connectivity index (χ0n) is 17.9. The predicted molar refractivity (Wildman–Crippen MR) is 120 cm³/mol. The molecule has 0 saturated heterocycles. The molecule has 0 radical (unpaired) electrons. The number of methoxy groups -OCH3 is 1. The number of carbonyl (C=O) groups is 2. The summed E-state index contributed by atoms with van der Waals surface area (Å²) in [6.45, 7) is 4.21. The number of amides is 2. The topological polar surface area (TPSA) is 98.1 Å². The Kier molecular flexibility index (Phi) is 7.30. The Bertz CT molecular complexity index is 1060. The van der Waals surface area contributed by atoms with Crippen molar-refractivity contribution in [3.63, 3.8) is 0 Å². The first-order chi connectivity index (χ1) is 14.9.